The Morgan fingerprint density at radius 3 is 1.88 bits per heavy atom. The maximum Gasteiger partial charge on any atom is -0.0632 e. The van der Waals surface area contributed by atoms with E-state index in [-0.39, 0.29) is 35.6 Å². The van der Waals surface area contributed by atoms with Crippen LogP contribution in [-0.2, 0) is 41.5 Å². The molecular formula is C40H50Cl2Zr-2. The van der Waals surface area contributed by atoms with E-state index in [1.807, 2.05) is 0 Å². The molecule has 5 rings (SSSR count). The van der Waals surface area contributed by atoms with Crippen LogP contribution in [-0.4, -0.2) is 3.21 Å². The number of hydrogen-bond acceptors (Lipinski definition) is 0. The van der Waals surface area contributed by atoms with Crippen LogP contribution < -0.4 is 24.8 Å². The molecule has 4 aromatic carbocycles. The molecule has 4 aromatic rings. The van der Waals surface area contributed by atoms with E-state index < -0.39 is 0 Å². The van der Waals surface area contributed by atoms with Crippen LogP contribution in [0.4, 0.5) is 0 Å². The maximum absolute atomic E-state index is 3.53. The zero-order valence-corrected chi connectivity index (χ0v) is 32.1. The molecule has 0 radical (unpaired) electrons. The summed E-state index contributed by atoms with van der Waals surface area (Å²) in [4.78, 5) is 0. The molecule has 0 aromatic heterocycles. The number of aryl methyl sites for hydroxylation is 2. The first-order chi connectivity index (χ1) is 19.1. The first kappa shape index (κ1) is 39.4. The molecule has 0 saturated heterocycles. The zero-order valence-electron chi connectivity index (χ0n) is 28.2. The monoisotopic (exact) mass is 690 g/mol. The molecule has 0 unspecified atom stereocenters. The fourth-order valence-corrected chi connectivity index (χ4v) is 5.69. The summed E-state index contributed by atoms with van der Waals surface area (Å²) in [6.07, 6.45) is 2.21. The minimum Gasteiger partial charge on any atom is -1.00 e. The molecule has 0 N–H and O–H groups in total. The smallest absolute Gasteiger partial charge is 0.0632 e. The van der Waals surface area contributed by atoms with Crippen molar-refractivity contribution in [3.63, 3.8) is 0 Å². The van der Waals surface area contributed by atoms with Crippen LogP contribution in [0.3, 0.4) is 0 Å². The van der Waals surface area contributed by atoms with Crippen LogP contribution in [0.2, 0.25) is 0 Å². The summed E-state index contributed by atoms with van der Waals surface area (Å²) < 4.78 is 1.55. The van der Waals surface area contributed by atoms with Gasteiger partial charge in [-0.15, -0.1) is 5.56 Å². The SMILES string of the molecule is CC(C)(C)c1c[c-]c2c(c1)-c1cc(C(C)(C)C)ccc1C2.CC[C](=[Zr+2])c1ccccc1.Cc1cc(C(C)C)c(C)[cH-]1.[Cl-].[Cl-]. The largest absolute Gasteiger partial charge is 1.00 e. The van der Waals surface area contributed by atoms with Crippen LogP contribution in [0, 0.1) is 19.9 Å². The molecule has 0 nitrogen and oxygen atoms in total. The molecule has 0 amide bonds. The molecule has 230 valence electrons. The standard InChI is InChI=1S/C21H25.C10H15.C9H10.2ClH.Zr/c1-20(2,3)16-9-7-14-11-15-8-10-17(21(4,5)6)13-19(15)18(14)12-16;1-7(2)10-6-8(3)5-9(10)4;1-2-6-9-7-4-3-5-8-9;;;/h7,9-10,12-13H,11H2,1-6H3;5-7H,1-4H3;3-5,7-8H,2H2,1H3;2*1H;/q2*-1;;;;+2/p-2. The fourth-order valence-electron chi connectivity index (χ4n) is 5.28. The van der Waals surface area contributed by atoms with E-state index in [2.05, 4.69) is 155 Å². The molecule has 3 heteroatoms. The van der Waals surface area contributed by atoms with Crippen molar-refractivity contribution in [3.05, 3.63) is 123 Å². The summed E-state index contributed by atoms with van der Waals surface area (Å²) >= 11 is 1.54. The molecule has 0 bridgehead atoms. The first-order valence-electron chi connectivity index (χ1n) is 15.2. The minimum atomic E-state index is 0. The van der Waals surface area contributed by atoms with Crippen molar-refractivity contribution < 1.29 is 49.0 Å². The molecule has 0 fully saturated rings. The van der Waals surface area contributed by atoms with Gasteiger partial charge >= 0.3 is 76.7 Å². The van der Waals surface area contributed by atoms with E-state index in [1.54, 1.807) is 3.21 Å². The van der Waals surface area contributed by atoms with E-state index in [0.29, 0.717) is 5.92 Å². The minimum absolute atomic E-state index is 0. The Labute approximate surface area is 290 Å². The predicted octanol–water partition coefficient (Wildman–Crippen LogP) is 4.97. The summed E-state index contributed by atoms with van der Waals surface area (Å²) in [5, 5.41) is 0. The van der Waals surface area contributed by atoms with Crippen molar-refractivity contribution in [2.75, 3.05) is 0 Å². The van der Waals surface area contributed by atoms with E-state index in [4.69, 9.17) is 0 Å². The Morgan fingerprint density at radius 1 is 0.837 bits per heavy atom. The number of benzene rings is 3. The van der Waals surface area contributed by atoms with Crippen LogP contribution in [0.1, 0.15) is 119 Å². The Hall–Kier alpha value is -1.66. The Kier molecular flexibility index (Phi) is 15.2. The van der Waals surface area contributed by atoms with Crippen LogP contribution in [0.15, 0.2) is 72.8 Å². The molecule has 1 aliphatic rings. The third kappa shape index (κ3) is 10.7. The van der Waals surface area contributed by atoms with Gasteiger partial charge in [-0.1, -0.05) is 110 Å². The molecule has 0 heterocycles. The Balaban J connectivity index is 0.000000355. The summed E-state index contributed by atoms with van der Waals surface area (Å²) in [6.45, 7) is 24.7. The molecule has 0 spiro atoms. The van der Waals surface area contributed by atoms with Gasteiger partial charge in [-0.3, -0.25) is 0 Å². The second-order valence-electron chi connectivity index (χ2n) is 13.9. The van der Waals surface area contributed by atoms with Gasteiger partial charge in [0, 0.05) is 0 Å². The molecule has 0 aliphatic heterocycles. The van der Waals surface area contributed by atoms with Crippen LogP contribution >= 0.6 is 0 Å². The molecular weight excluding hydrogens is 643 g/mol. The number of hydrogen-bond donors (Lipinski definition) is 0. The molecule has 0 atom stereocenters. The number of rotatable bonds is 3. The fraction of sp³-hybridized carbons (Fsp3) is 0.400. The van der Waals surface area contributed by atoms with Crippen molar-refractivity contribution in [3.8, 4) is 11.1 Å². The van der Waals surface area contributed by atoms with Crippen molar-refractivity contribution >= 4 is 3.21 Å². The summed E-state index contributed by atoms with van der Waals surface area (Å²) in [5.74, 6) is 0.675. The maximum atomic E-state index is 3.53. The number of halogens is 2. The van der Waals surface area contributed by atoms with Gasteiger partial charge in [0.2, 0.25) is 0 Å². The van der Waals surface area contributed by atoms with Gasteiger partial charge in [0.25, 0.3) is 0 Å². The quantitative estimate of drug-likeness (QED) is 0.235. The normalized spacial score (nSPS) is 11.6. The molecule has 0 saturated carbocycles. The molecule has 1 aliphatic carbocycles. The van der Waals surface area contributed by atoms with Gasteiger partial charge < -0.3 is 24.8 Å². The van der Waals surface area contributed by atoms with Crippen molar-refractivity contribution in [1.29, 1.82) is 0 Å². The second-order valence-corrected chi connectivity index (χ2v) is 15.3. The van der Waals surface area contributed by atoms with Crippen molar-refractivity contribution in [2.24, 2.45) is 0 Å². The van der Waals surface area contributed by atoms with E-state index in [1.165, 1.54) is 86.3 Å². The van der Waals surface area contributed by atoms with Crippen LogP contribution in [0.5, 0.6) is 0 Å². The van der Waals surface area contributed by atoms with Gasteiger partial charge in [-0.2, -0.15) is 52.1 Å². The topological polar surface area (TPSA) is 0 Å². The second kappa shape index (κ2) is 16.6. The van der Waals surface area contributed by atoms with Crippen molar-refractivity contribution in [2.45, 2.75) is 106 Å². The zero-order chi connectivity index (χ0) is 30.5. The average Bonchev–Trinajstić information content (AvgIpc) is 3.46. The third-order valence-electron chi connectivity index (χ3n) is 7.91. The van der Waals surface area contributed by atoms with E-state index in [9.17, 15) is 0 Å². The van der Waals surface area contributed by atoms with Gasteiger partial charge in [0.1, 0.15) is 0 Å². The summed E-state index contributed by atoms with van der Waals surface area (Å²) in [7, 11) is 0. The first-order valence-corrected chi connectivity index (χ1v) is 16.4. The average molecular weight is 693 g/mol. The summed E-state index contributed by atoms with van der Waals surface area (Å²) in [6, 6.07) is 30.2. The van der Waals surface area contributed by atoms with Gasteiger partial charge in [0.05, 0.1) is 0 Å². The van der Waals surface area contributed by atoms with E-state index >= 15 is 0 Å². The van der Waals surface area contributed by atoms with Gasteiger partial charge in [0.15, 0.2) is 0 Å². The number of fused-ring (bicyclic) bond motifs is 3. The van der Waals surface area contributed by atoms with Crippen molar-refractivity contribution in [1.82, 2.24) is 0 Å². The van der Waals surface area contributed by atoms with Gasteiger partial charge in [-0.05, 0) is 17.4 Å². The van der Waals surface area contributed by atoms with Gasteiger partial charge in [-0.25, -0.2) is 6.07 Å². The summed E-state index contributed by atoms with van der Waals surface area (Å²) in [5.41, 5.74) is 14.5. The van der Waals surface area contributed by atoms with Crippen LogP contribution in [0.25, 0.3) is 11.1 Å². The third-order valence-corrected chi connectivity index (χ3v) is 9.49. The Bertz CT molecular complexity index is 1400. The Morgan fingerprint density at radius 2 is 1.42 bits per heavy atom. The predicted molar refractivity (Wildman–Crippen MR) is 177 cm³/mol. The van der Waals surface area contributed by atoms with E-state index in [0.717, 1.165) is 6.42 Å². The molecule has 43 heavy (non-hydrogen) atoms.